The normalized spacial score (nSPS) is 15.2. The van der Waals surface area contributed by atoms with E-state index in [4.69, 9.17) is 0 Å². The van der Waals surface area contributed by atoms with Gasteiger partial charge in [-0.3, -0.25) is 0 Å². The Labute approximate surface area is 142 Å². The molecule has 0 saturated carbocycles. The molecule has 0 radical (unpaired) electrons. The van der Waals surface area contributed by atoms with Crippen LogP contribution in [0.5, 0.6) is 0 Å². The zero-order valence-corrected chi connectivity index (χ0v) is 13.5. The lowest BCUT2D eigenvalue weighted by Gasteiger charge is -2.30. The highest BCUT2D eigenvalue weighted by molar-refractivity contribution is 5.98. The van der Waals surface area contributed by atoms with E-state index in [1.54, 1.807) is 4.90 Å². The minimum atomic E-state index is -1.46. The molecule has 3 rings (SSSR count). The van der Waals surface area contributed by atoms with Crippen LogP contribution in [0.4, 0.5) is 14.9 Å². The van der Waals surface area contributed by atoms with Crippen LogP contribution in [0.2, 0.25) is 0 Å². The average Bonchev–Trinajstić information content (AvgIpc) is 3.08. The van der Waals surface area contributed by atoms with Crippen molar-refractivity contribution in [1.82, 2.24) is 25.5 Å². The molecule has 0 spiro atoms. The molecule has 3 N–H and O–H groups in total. The maximum atomic E-state index is 14.3. The lowest BCUT2D eigenvalue weighted by molar-refractivity contribution is 0.0692. The van der Waals surface area contributed by atoms with Crippen molar-refractivity contribution in [2.45, 2.75) is 19.8 Å². The molecular weight excluding hydrogens is 331 g/mol. The van der Waals surface area contributed by atoms with Crippen molar-refractivity contribution in [1.29, 1.82) is 0 Å². The van der Waals surface area contributed by atoms with E-state index in [0.29, 0.717) is 19.0 Å². The number of nitrogens with zero attached hydrogens (tertiary/aromatic N) is 4. The molecule has 132 valence electrons. The summed E-state index contributed by atoms with van der Waals surface area (Å²) in [6, 6.07) is 1.94. The SMILES string of the molecule is CC1CCN(C(=O)Nc2cc(F)c(C(=O)O)c(-c3nn[nH]n3)c2)CC1. The number of rotatable bonds is 3. The summed E-state index contributed by atoms with van der Waals surface area (Å²) in [4.78, 5) is 25.3. The summed E-state index contributed by atoms with van der Waals surface area (Å²) in [5.74, 6) is -1.95. The highest BCUT2D eigenvalue weighted by Gasteiger charge is 2.24. The number of benzene rings is 1. The summed E-state index contributed by atoms with van der Waals surface area (Å²) in [5, 5.41) is 24.7. The van der Waals surface area contributed by atoms with Crippen LogP contribution in [0.15, 0.2) is 12.1 Å². The van der Waals surface area contributed by atoms with Crippen LogP contribution in [-0.4, -0.2) is 55.7 Å². The van der Waals surface area contributed by atoms with Crippen LogP contribution in [0, 0.1) is 11.7 Å². The van der Waals surface area contributed by atoms with Crippen LogP contribution >= 0.6 is 0 Å². The number of carbonyl (C=O) groups excluding carboxylic acids is 1. The third-order valence-electron chi connectivity index (χ3n) is 4.21. The predicted molar refractivity (Wildman–Crippen MR) is 85.5 cm³/mol. The quantitative estimate of drug-likeness (QED) is 0.779. The number of carbonyl (C=O) groups is 2. The zero-order valence-electron chi connectivity index (χ0n) is 13.5. The van der Waals surface area contributed by atoms with Crippen molar-refractivity contribution in [2.24, 2.45) is 5.92 Å². The summed E-state index contributed by atoms with van der Waals surface area (Å²) in [6.45, 7) is 3.38. The van der Waals surface area contributed by atoms with Crippen LogP contribution in [0.1, 0.15) is 30.1 Å². The summed E-state index contributed by atoms with van der Waals surface area (Å²) in [7, 11) is 0. The van der Waals surface area contributed by atoms with Crippen LogP contribution in [-0.2, 0) is 0 Å². The second-order valence-corrected chi connectivity index (χ2v) is 6.02. The first kappa shape index (κ1) is 16.8. The van der Waals surface area contributed by atoms with Gasteiger partial charge < -0.3 is 15.3 Å². The molecule has 9 nitrogen and oxygen atoms in total. The molecule has 1 saturated heterocycles. The van der Waals surface area contributed by atoms with Gasteiger partial charge in [0.1, 0.15) is 11.4 Å². The van der Waals surface area contributed by atoms with E-state index < -0.39 is 17.3 Å². The minimum absolute atomic E-state index is 0.0659. The van der Waals surface area contributed by atoms with Gasteiger partial charge in [0.25, 0.3) is 0 Å². The fourth-order valence-electron chi connectivity index (χ4n) is 2.76. The summed E-state index contributed by atoms with van der Waals surface area (Å²) in [5.41, 5.74) is -0.513. The van der Waals surface area contributed by atoms with Crippen molar-refractivity contribution in [3.8, 4) is 11.4 Å². The molecule has 10 heteroatoms. The second-order valence-electron chi connectivity index (χ2n) is 6.02. The van der Waals surface area contributed by atoms with Gasteiger partial charge in [-0.15, -0.1) is 10.2 Å². The van der Waals surface area contributed by atoms with Gasteiger partial charge in [-0.05, 0) is 36.1 Å². The molecule has 2 aromatic rings. The van der Waals surface area contributed by atoms with E-state index in [1.807, 2.05) is 0 Å². The Balaban J connectivity index is 1.87. The van der Waals surface area contributed by atoms with Crippen molar-refractivity contribution >= 4 is 17.7 Å². The van der Waals surface area contributed by atoms with Gasteiger partial charge in [-0.2, -0.15) is 5.21 Å². The zero-order chi connectivity index (χ0) is 18.0. The molecule has 25 heavy (non-hydrogen) atoms. The number of likely N-dealkylation sites (tertiary alicyclic amines) is 1. The van der Waals surface area contributed by atoms with Crippen LogP contribution < -0.4 is 5.32 Å². The standard InChI is InChI=1S/C15H17FN6O3/c1-8-2-4-22(5-3-8)15(25)17-9-6-10(13-18-20-21-19-13)12(14(23)24)11(16)7-9/h6-8H,2-5H2,1H3,(H,17,25)(H,23,24)(H,18,19,20,21). The van der Waals surface area contributed by atoms with E-state index in [-0.39, 0.29) is 23.1 Å². The number of aromatic carboxylic acids is 1. The fraction of sp³-hybridized carbons (Fsp3) is 0.400. The van der Waals surface area contributed by atoms with Gasteiger partial charge in [-0.1, -0.05) is 6.92 Å². The first-order valence-electron chi connectivity index (χ1n) is 7.82. The molecular formula is C15H17FN6O3. The number of nitrogens with one attached hydrogen (secondary N) is 2. The first-order chi connectivity index (χ1) is 12.0. The third-order valence-corrected chi connectivity index (χ3v) is 4.21. The number of hydrogen-bond acceptors (Lipinski definition) is 5. The smallest absolute Gasteiger partial charge is 0.339 e. The van der Waals surface area contributed by atoms with Crippen molar-refractivity contribution < 1.29 is 19.1 Å². The van der Waals surface area contributed by atoms with E-state index in [9.17, 15) is 19.1 Å². The summed E-state index contributed by atoms with van der Waals surface area (Å²) >= 11 is 0. The molecule has 1 fully saturated rings. The maximum Gasteiger partial charge on any atom is 0.339 e. The third kappa shape index (κ3) is 3.57. The number of anilines is 1. The highest BCUT2D eigenvalue weighted by atomic mass is 19.1. The number of aromatic nitrogens is 4. The molecule has 1 aromatic heterocycles. The Hall–Kier alpha value is -3.04. The van der Waals surface area contributed by atoms with Crippen molar-refractivity contribution in [3.63, 3.8) is 0 Å². The molecule has 0 unspecified atom stereocenters. The molecule has 0 bridgehead atoms. The monoisotopic (exact) mass is 348 g/mol. The summed E-state index contributed by atoms with van der Waals surface area (Å²) in [6.07, 6.45) is 1.82. The lowest BCUT2D eigenvalue weighted by atomic mass is 10.00. The largest absolute Gasteiger partial charge is 0.478 e. The molecule has 0 atom stereocenters. The Morgan fingerprint density at radius 1 is 1.36 bits per heavy atom. The topological polar surface area (TPSA) is 124 Å². The molecule has 1 aromatic carbocycles. The van der Waals surface area contributed by atoms with E-state index in [1.165, 1.54) is 6.07 Å². The van der Waals surface area contributed by atoms with E-state index in [0.717, 1.165) is 18.9 Å². The Morgan fingerprint density at radius 3 is 2.68 bits per heavy atom. The number of urea groups is 1. The number of tetrazole rings is 1. The van der Waals surface area contributed by atoms with Crippen molar-refractivity contribution in [2.75, 3.05) is 18.4 Å². The average molecular weight is 348 g/mol. The number of piperidine rings is 1. The van der Waals surface area contributed by atoms with E-state index in [2.05, 4.69) is 32.9 Å². The Bertz CT molecular complexity index is 787. The van der Waals surface area contributed by atoms with Crippen molar-refractivity contribution in [3.05, 3.63) is 23.5 Å². The maximum absolute atomic E-state index is 14.3. The summed E-state index contributed by atoms with van der Waals surface area (Å²) < 4.78 is 14.3. The molecule has 2 heterocycles. The first-order valence-corrected chi connectivity index (χ1v) is 7.82. The van der Waals surface area contributed by atoms with Crippen LogP contribution in [0.3, 0.4) is 0 Å². The minimum Gasteiger partial charge on any atom is -0.478 e. The second kappa shape index (κ2) is 6.83. The van der Waals surface area contributed by atoms with Gasteiger partial charge in [0.15, 0.2) is 0 Å². The Kier molecular flexibility index (Phi) is 4.59. The highest BCUT2D eigenvalue weighted by Crippen LogP contribution is 2.27. The number of aromatic amines is 1. The van der Waals surface area contributed by atoms with Crippen LogP contribution in [0.25, 0.3) is 11.4 Å². The number of H-pyrrole nitrogens is 1. The molecule has 2 amide bonds. The molecule has 1 aliphatic rings. The van der Waals surface area contributed by atoms with Gasteiger partial charge >= 0.3 is 12.0 Å². The van der Waals surface area contributed by atoms with Gasteiger partial charge in [0.2, 0.25) is 5.82 Å². The van der Waals surface area contributed by atoms with Gasteiger partial charge in [-0.25, -0.2) is 14.0 Å². The number of hydrogen-bond donors (Lipinski definition) is 3. The number of halogens is 1. The van der Waals surface area contributed by atoms with Gasteiger partial charge in [0, 0.05) is 24.3 Å². The predicted octanol–water partition coefficient (Wildman–Crippen LogP) is 1.97. The fourth-order valence-corrected chi connectivity index (χ4v) is 2.76. The number of carboxylic acid groups (broad SMARTS) is 1. The van der Waals surface area contributed by atoms with E-state index >= 15 is 0 Å². The molecule has 1 aliphatic heterocycles. The number of amides is 2. The lowest BCUT2D eigenvalue weighted by Crippen LogP contribution is -2.40. The number of carboxylic acids is 1. The Morgan fingerprint density at radius 2 is 2.08 bits per heavy atom. The molecule has 0 aliphatic carbocycles. The van der Waals surface area contributed by atoms with Gasteiger partial charge in [0.05, 0.1) is 0 Å².